The fourth-order valence-corrected chi connectivity index (χ4v) is 1.94. The van der Waals surface area contributed by atoms with Crippen molar-refractivity contribution in [1.29, 1.82) is 0 Å². The Balaban J connectivity index is 2.13. The van der Waals surface area contributed by atoms with Crippen LogP contribution in [0.25, 0.3) is 0 Å². The van der Waals surface area contributed by atoms with Crippen LogP contribution in [0.15, 0.2) is 42.6 Å². The summed E-state index contributed by atoms with van der Waals surface area (Å²) in [6.07, 6.45) is 2.32. The molecular weight excluding hydrogens is 278 g/mol. The lowest BCUT2D eigenvalue weighted by Gasteiger charge is -2.08. The molecule has 22 heavy (non-hydrogen) atoms. The first-order chi connectivity index (χ1) is 10.6. The molecule has 0 radical (unpaired) electrons. The van der Waals surface area contributed by atoms with Gasteiger partial charge in [0.2, 0.25) is 0 Å². The minimum absolute atomic E-state index is 0.200. The van der Waals surface area contributed by atoms with Crippen molar-refractivity contribution in [3.05, 3.63) is 59.4 Å². The Kier molecular flexibility index (Phi) is 5.25. The quantitative estimate of drug-likeness (QED) is 0.891. The lowest BCUT2D eigenvalue weighted by Crippen LogP contribution is -2.24. The van der Waals surface area contributed by atoms with E-state index in [-0.39, 0.29) is 17.5 Å². The highest BCUT2D eigenvalue weighted by atomic mass is 16.2. The maximum Gasteiger partial charge on any atom is 0.274 e. The van der Waals surface area contributed by atoms with Crippen molar-refractivity contribution in [3.63, 3.8) is 0 Å². The Morgan fingerprint density at radius 1 is 1.14 bits per heavy atom. The van der Waals surface area contributed by atoms with Crippen LogP contribution >= 0.6 is 0 Å². The van der Waals surface area contributed by atoms with E-state index in [2.05, 4.69) is 15.6 Å². The zero-order chi connectivity index (χ0) is 15.9. The molecule has 0 saturated heterocycles. The third-order valence-electron chi connectivity index (χ3n) is 3.18. The summed E-state index contributed by atoms with van der Waals surface area (Å²) in [5, 5.41) is 5.58. The minimum Gasteiger partial charge on any atom is -0.352 e. The van der Waals surface area contributed by atoms with Crippen molar-refractivity contribution >= 4 is 17.5 Å². The van der Waals surface area contributed by atoms with Gasteiger partial charge >= 0.3 is 0 Å². The molecule has 0 atom stereocenters. The number of aromatic nitrogens is 1. The summed E-state index contributed by atoms with van der Waals surface area (Å²) in [5.41, 5.74) is 2.34. The molecule has 0 aliphatic rings. The van der Waals surface area contributed by atoms with Gasteiger partial charge in [-0.3, -0.25) is 14.6 Å². The van der Waals surface area contributed by atoms with Gasteiger partial charge in [0.05, 0.1) is 0 Å². The molecule has 0 aliphatic carbocycles. The number of hydrogen-bond acceptors (Lipinski definition) is 3. The number of rotatable bonds is 5. The number of hydrogen-bond donors (Lipinski definition) is 2. The third-order valence-corrected chi connectivity index (χ3v) is 3.18. The molecule has 5 heteroatoms. The van der Waals surface area contributed by atoms with E-state index in [1.54, 1.807) is 6.07 Å². The predicted molar refractivity (Wildman–Crippen MR) is 86.0 cm³/mol. The summed E-state index contributed by atoms with van der Waals surface area (Å²) in [6, 6.07) is 10.6. The first-order valence-corrected chi connectivity index (χ1v) is 7.23. The largest absolute Gasteiger partial charge is 0.352 e. The van der Waals surface area contributed by atoms with Crippen molar-refractivity contribution < 1.29 is 9.59 Å². The maximum atomic E-state index is 12.2. The number of carbonyl (C=O) groups excluding carboxylic acids is 2. The highest BCUT2D eigenvalue weighted by Crippen LogP contribution is 2.14. The summed E-state index contributed by atoms with van der Waals surface area (Å²) in [7, 11) is 0. The van der Waals surface area contributed by atoms with Gasteiger partial charge in [0.25, 0.3) is 11.8 Å². The van der Waals surface area contributed by atoms with Gasteiger partial charge in [0.15, 0.2) is 0 Å². The number of carbonyl (C=O) groups is 2. The Morgan fingerprint density at radius 3 is 2.64 bits per heavy atom. The molecule has 0 fully saturated rings. The summed E-state index contributed by atoms with van der Waals surface area (Å²) in [4.78, 5) is 28.2. The van der Waals surface area contributed by atoms with Gasteiger partial charge in [0.1, 0.15) is 5.69 Å². The number of anilines is 1. The van der Waals surface area contributed by atoms with Crippen LogP contribution < -0.4 is 10.6 Å². The van der Waals surface area contributed by atoms with Gasteiger partial charge in [0, 0.05) is 24.0 Å². The van der Waals surface area contributed by atoms with E-state index in [0.29, 0.717) is 12.1 Å². The average molecular weight is 297 g/mol. The number of nitrogens with one attached hydrogen (secondary N) is 2. The molecule has 0 bridgehead atoms. The van der Waals surface area contributed by atoms with Gasteiger partial charge in [-0.2, -0.15) is 0 Å². The fraction of sp³-hybridized carbons (Fsp3) is 0.235. The molecule has 1 aromatic heterocycles. The summed E-state index contributed by atoms with van der Waals surface area (Å²) in [5.74, 6) is -0.534. The van der Waals surface area contributed by atoms with Crippen molar-refractivity contribution in [1.82, 2.24) is 10.3 Å². The Morgan fingerprint density at radius 2 is 1.91 bits per heavy atom. The van der Waals surface area contributed by atoms with Gasteiger partial charge < -0.3 is 10.6 Å². The van der Waals surface area contributed by atoms with Crippen LogP contribution in [-0.4, -0.2) is 23.3 Å². The summed E-state index contributed by atoms with van der Waals surface area (Å²) >= 11 is 0. The molecule has 2 N–H and O–H groups in total. The second-order valence-electron chi connectivity index (χ2n) is 4.95. The van der Waals surface area contributed by atoms with E-state index < -0.39 is 0 Å². The van der Waals surface area contributed by atoms with Crippen molar-refractivity contribution in [2.45, 2.75) is 20.3 Å². The maximum absolute atomic E-state index is 12.2. The number of amides is 2. The Bertz CT molecular complexity index is 683. The van der Waals surface area contributed by atoms with Crippen LogP contribution in [0.5, 0.6) is 0 Å². The smallest absolute Gasteiger partial charge is 0.274 e. The van der Waals surface area contributed by atoms with E-state index in [9.17, 15) is 9.59 Å². The Hall–Kier alpha value is -2.69. The molecule has 1 heterocycles. The van der Waals surface area contributed by atoms with Crippen LogP contribution in [0.1, 0.15) is 39.8 Å². The molecule has 0 unspecified atom stereocenters. The van der Waals surface area contributed by atoms with Gasteiger partial charge in [-0.25, -0.2) is 0 Å². The van der Waals surface area contributed by atoms with E-state index in [1.807, 2.05) is 38.1 Å². The normalized spacial score (nSPS) is 10.1. The zero-order valence-corrected chi connectivity index (χ0v) is 12.7. The molecule has 1 aromatic carbocycles. The van der Waals surface area contributed by atoms with E-state index in [1.165, 1.54) is 12.3 Å². The van der Waals surface area contributed by atoms with Gasteiger partial charge in [-0.1, -0.05) is 25.1 Å². The molecule has 0 aliphatic heterocycles. The van der Waals surface area contributed by atoms with Crippen LogP contribution in [0, 0.1) is 6.92 Å². The number of aryl methyl sites for hydroxylation is 1. The summed E-state index contributed by atoms with van der Waals surface area (Å²) < 4.78 is 0. The zero-order valence-electron chi connectivity index (χ0n) is 12.7. The predicted octanol–water partition coefficient (Wildman–Crippen LogP) is 2.78. The average Bonchev–Trinajstić information content (AvgIpc) is 2.54. The molecule has 0 spiro atoms. The minimum atomic E-state index is -0.334. The number of nitrogens with zero attached hydrogens (tertiary/aromatic N) is 1. The molecular formula is C17H19N3O2. The van der Waals surface area contributed by atoms with Crippen LogP contribution in [0.3, 0.4) is 0 Å². The first kappa shape index (κ1) is 15.7. The molecule has 5 nitrogen and oxygen atoms in total. The highest BCUT2D eigenvalue weighted by molar-refractivity contribution is 6.05. The third kappa shape index (κ3) is 3.91. The van der Waals surface area contributed by atoms with Crippen molar-refractivity contribution in [2.75, 3.05) is 11.9 Å². The van der Waals surface area contributed by atoms with E-state index in [4.69, 9.17) is 0 Å². The molecule has 0 saturated carbocycles. The molecule has 2 aromatic rings. The van der Waals surface area contributed by atoms with E-state index >= 15 is 0 Å². The molecule has 2 amide bonds. The van der Waals surface area contributed by atoms with Crippen LogP contribution in [0.2, 0.25) is 0 Å². The highest BCUT2D eigenvalue weighted by Gasteiger charge is 2.12. The molecule has 114 valence electrons. The van der Waals surface area contributed by atoms with E-state index in [0.717, 1.165) is 17.7 Å². The monoisotopic (exact) mass is 297 g/mol. The fourth-order valence-electron chi connectivity index (χ4n) is 1.94. The standard InChI is InChI=1S/C17H19N3O2/c1-3-9-19-16(21)13-8-10-18-15(11-13)17(22)20-14-7-5-4-6-12(14)2/h4-8,10-11H,3,9H2,1-2H3,(H,19,21)(H,20,22). The molecule has 2 rings (SSSR count). The second kappa shape index (κ2) is 7.36. The lowest BCUT2D eigenvalue weighted by atomic mass is 10.2. The van der Waals surface area contributed by atoms with Crippen LogP contribution in [0.4, 0.5) is 5.69 Å². The van der Waals surface area contributed by atoms with Crippen molar-refractivity contribution in [3.8, 4) is 0 Å². The summed E-state index contributed by atoms with van der Waals surface area (Å²) in [6.45, 7) is 4.50. The van der Waals surface area contributed by atoms with Crippen molar-refractivity contribution in [2.24, 2.45) is 0 Å². The van der Waals surface area contributed by atoms with Gasteiger partial charge in [-0.15, -0.1) is 0 Å². The number of pyridine rings is 1. The topological polar surface area (TPSA) is 71.1 Å². The van der Waals surface area contributed by atoms with Gasteiger partial charge in [-0.05, 0) is 37.1 Å². The first-order valence-electron chi connectivity index (χ1n) is 7.23. The van der Waals surface area contributed by atoms with Crippen LogP contribution in [-0.2, 0) is 0 Å². The number of benzene rings is 1. The SMILES string of the molecule is CCCNC(=O)c1ccnc(C(=O)Nc2ccccc2C)c1. The lowest BCUT2D eigenvalue weighted by molar-refractivity contribution is 0.0953. The number of para-hydroxylation sites is 1. The second-order valence-corrected chi connectivity index (χ2v) is 4.95. The Labute approximate surface area is 129 Å².